The van der Waals surface area contributed by atoms with Crippen LogP contribution < -0.4 is 0 Å². The molecule has 0 fully saturated rings. The Kier molecular flexibility index (Phi) is 4.47. The van der Waals surface area contributed by atoms with Crippen molar-refractivity contribution in [2.24, 2.45) is 7.05 Å². The fourth-order valence-corrected chi connectivity index (χ4v) is 3.50. The number of rotatable bonds is 5. The van der Waals surface area contributed by atoms with Gasteiger partial charge in [0, 0.05) is 36.2 Å². The van der Waals surface area contributed by atoms with Gasteiger partial charge >= 0.3 is 5.97 Å². The number of nitrogens with zero attached hydrogens (tertiary/aromatic N) is 3. The van der Waals surface area contributed by atoms with Crippen molar-refractivity contribution in [3.8, 4) is 22.8 Å². The zero-order valence-corrected chi connectivity index (χ0v) is 16.1. The summed E-state index contributed by atoms with van der Waals surface area (Å²) in [4.78, 5) is 15.6. The third kappa shape index (κ3) is 3.17. The number of aryl methyl sites for hydroxylation is 4. The highest BCUT2D eigenvalue weighted by molar-refractivity contribution is 5.95. The first-order chi connectivity index (χ1) is 13.4. The molecule has 0 aliphatic heterocycles. The van der Waals surface area contributed by atoms with Crippen molar-refractivity contribution < 1.29 is 14.4 Å². The van der Waals surface area contributed by atoms with E-state index in [2.05, 4.69) is 24.0 Å². The van der Waals surface area contributed by atoms with Gasteiger partial charge in [0.25, 0.3) is 5.89 Å². The lowest BCUT2D eigenvalue weighted by molar-refractivity contribution is -0.136. The number of fused-ring (bicyclic) bond motifs is 1. The fraction of sp³-hybridized carbons (Fsp3) is 0.227. The Balaban J connectivity index is 1.76. The summed E-state index contributed by atoms with van der Waals surface area (Å²) in [6.45, 7) is 4.12. The topological polar surface area (TPSA) is 81.1 Å². The lowest BCUT2D eigenvalue weighted by atomic mass is 10.1. The summed E-state index contributed by atoms with van der Waals surface area (Å²) >= 11 is 0. The third-order valence-electron chi connectivity index (χ3n) is 5.11. The molecule has 6 heteroatoms. The maximum absolute atomic E-state index is 10.9. The van der Waals surface area contributed by atoms with Gasteiger partial charge < -0.3 is 14.2 Å². The summed E-state index contributed by atoms with van der Waals surface area (Å²) in [7, 11) is 1.94. The molecule has 0 spiro atoms. The highest BCUT2D eigenvalue weighted by Gasteiger charge is 2.17. The Morgan fingerprint density at radius 2 is 2.00 bits per heavy atom. The number of hydrogen-bond donors (Lipinski definition) is 1. The molecule has 0 amide bonds. The van der Waals surface area contributed by atoms with Gasteiger partial charge in [0.2, 0.25) is 5.82 Å². The molecule has 4 aromatic rings. The molecule has 142 valence electrons. The summed E-state index contributed by atoms with van der Waals surface area (Å²) < 4.78 is 7.52. The van der Waals surface area contributed by atoms with Crippen molar-refractivity contribution in [1.82, 2.24) is 14.7 Å². The van der Waals surface area contributed by atoms with Crippen molar-refractivity contribution >= 4 is 16.9 Å². The predicted octanol–water partition coefficient (Wildman–Crippen LogP) is 4.53. The van der Waals surface area contributed by atoms with Crippen LogP contribution in [0, 0.1) is 13.8 Å². The van der Waals surface area contributed by atoms with Crippen LogP contribution in [-0.2, 0) is 18.3 Å². The van der Waals surface area contributed by atoms with Gasteiger partial charge in [-0.05, 0) is 55.2 Å². The van der Waals surface area contributed by atoms with E-state index in [1.807, 2.05) is 54.2 Å². The molecule has 0 saturated heterocycles. The van der Waals surface area contributed by atoms with Crippen LogP contribution in [0.25, 0.3) is 33.7 Å². The van der Waals surface area contributed by atoms with E-state index >= 15 is 0 Å². The molecule has 28 heavy (non-hydrogen) atoms. The van der Waals surface area contributed by atoms with Gasteiger partial charge in [-0.2, -0.15) is 4.98 Å². The van der Waals surface area contributed by atoms with E-state index in [1.54, 1.807) is 0 Å². The summed E-state index contributed by atoms with van der Waals surface area (Å²) in [5.74, 6) is 0.199. The van der Waals surface area contributed by atoms with Gasteiger partial charge in [-0.15, -0.1) is 0 Å². The van der Waals surface area contributed by atoms with Crippen molar-refractivity contribution in [2.45, 2.75) is 26.7 Å². The lowest BCUT2D eigenvalue weighted by Gasteiger charge is -2.02. The van der Waals surface area contributed by atoms with Crippen LogP contribution in [0.2, 0.25) is 0 Å². The van der Waals surface area contributed by atoms with Crippen LogP contribution in [0.3, 0.4) is 0 Å². The van der Waals surface area contributed by atoms with Crippen LogP contribution in [0.4, 0.5) is 0 Å². The molecular weight excluding hydrogens is 354 g/mol. The molecular formula is C22H21N3O3. The molecule has 0 aliphatic rings. The smallest absolute Gasteiger partial charge is 0.303 e. The molecule has 2 aromatic heterocycles. The molecule has 1 N–H and O–H groups in total. The molecule has 2 aromatic carbocycles. The largest absolute Gasteiger partial charge is 0.481 e. The lowest BCUT2D eigenvalue weighted by Crippen LogP contribution is -1.96. The average Bonchev–Trinajstić information content (AvgIpc) is 3.28. The molecule has 0 saturated carbocycles. The van der Waals surface area contributed by atoms with Gasteiger partial charge in [0.15, 0.2) is 0 Å². The number of benzene rings is 2. The Labute approximate surface area is 162 Å². The minimum Gasteiger partial charge on any atom is -0.481 e. The minimum atomic E-state index is -0.802. The highest BCUT2D eigenvalue weighted by Crippen LogP contribution is 2.32. The van der Waals surface area contributed by atoms with Crippen LogP contribution in [-0.4, -0.2) is 25.8 Å². The molecule has 0 atom stereocenters. The summed E-state index contributed by atoms with van der Waals surface area (Å²) in [5.41, 5.74) is 6.11. The Bertz CT molecular complexity index is 1190. The Morgan fingerprint density at radius 3 is 2.75 bits per heavy atom. The van der Waals surface area contributed by atoms with Crippen molar-refractivity contribution in [3.63, 3.8) is 0 Å². The molecule has 0 bridgehead atoms. The Morgan fingerprint density at radius 1 is 1.18 bits per heavy atom. The van der Waals surface area contributed by atoms with E-state index in [4.69, 9.17) is 9.63 Å². The first-order valence-electron chi connectivity index (χ1n) is 9.14. The van der Waals surface area contributed by atoms with Crippen LogP contribution in [0.15, 0.2) is 47.1 Å². The zero-order valence-electron chi connectivity index (χ0n) is 16.1. The number of carboxylic acids is 1. The summed E-state index contributed by atoms with van der Waals surface area (Å²) in [6.07, 6.45) is 2.56. The molecule has 0 aliphatic carbocycles. The quantitative estimate of drug-likeness (QED) is 0.554. The van der Waals surface area contributed by atoms with E-state index in [0.717, 1.165) is 27.6 Å². The monoisotopic (exact) mass is 375 g/mol. The SMILES string of the molecule is Cc1ccc(-c2nc(-c3cccc4c(CCC(=O)O)cn(C)c34)no2)cc1C. The van der Waals surface area contributed by atoms with E-state index in [9.17, 15) is 4.79 Å². The van der Waals surface area contributed by atoms with Crippen LogP contribution in [0.1, 0.15) is 23.1 Å². The van der Waals surface area contributed by atoms with Crippen molar-refractivity contribution in [3.05, 3.63) is 59.3 Å². The normalized spacial score (nSPS) is 11.2. The standard InChI is InChI=1S/C22H21N3O3/c1-13-7-8-15(11-14(13)2)22-23-21(24-28-22)18-6-4-5-17-16(9-10-19(26)27)12-25(3)20(17)18/h4-8,11-12H,9-10H2,1-3H3,(H,26,27). The van der Waals surface area contributed by atoms with Gasteiger partial charge in [-0.1, -0.05) is 23.4 Å². The van der Waals surface area contributed by atoms with E-state index in [1.165, 1.54) is 11.1 Å². The number of aliphatic carboxylic acids is 1. The second-order valence-electron chi connectivity index (χ2n) is 7.08. The number of para-hydroxylation sites is 1. The first kappa shape index (κ1) is 18.0. The van der Waals surface area contributed by atoms with Crippen LogP contribution >= 0.6 is 0 Å². The maximum Gasteiger partial charge on any atom is 0.303 e. The molecule has 6 nitrogen and oxygen atoms in total. The first-order valence-corrected chi connectivity index (χ1v) is 9.14. The third-order valence-corrected chi connectivity index (χ3v) is 5.11. The van der Waals surface area contributed by atoms with Gasteiger partial charge in [-0.25, -0.2) is 0 Å². The van der Waals surface area contributed by atoms with E-state index in [0.29, 0.717) is 18.1 Å². The van der Waals surface area contributed by atoms with Crippen LogP contribution in [0.5, 0.6) is 0 Å². The summed E-state index contributed by atoms with van der Waals surface area (Å²) in [5, 5.41) is 14.2. The highest BCUT2D eigenvalue weighted by atomic mass is 16.5. The molecule has 4 rings (SSSR count). The maximum atomic E-state index is 10.9. The van der Waals surface area contributed by atoms with Gasteiger partial charge in [-0.3, -0.25) is 4.79 Å². The average molecular weight is 375 g/mol. The predicted molar refractivity (Wildman–Crippen MR) is 107 cm³/mol. The number of carbonyl (C=O) groups is 1. The number of carboxylic acid groups (broad SMARTS) is 1. The van der Waals surface area contributed by atoms with Crippen molar-refractivity contribution in [1.29, 1.82) is 0 Å². The molecule has 0 unspecified atom stereocenters. The number of hydrogen-bond acceptors (Lipinski definition) is 4. The second-order valence-corrected chi connectivity index (χ2v) is 7.08. The minimum absolute atomic E-state index is 0.0997. The van der Waals surface area contributed by atoms with Gasteiger partial charge in [0.1, 0.15) is 0 Å². The van der Waals surface area contributed by atoms with E-state index < -0.39 is 5.97 Å². The second kappa shape index (κ2) is 6.96. The molecule has 2 heterocycles. The fourth-order valence-electron chi connectivity index (χ4n) is 3.50. The Hall–Kier alpha value is -3.41. The van der Waals surface area contributed by atoms with Gasteiger partial charge in [0.05, 0.1) is 5.52 Å². The van der Waals surface area contributed by atoms with E-state index in [-0.39, 0.29) is 6.42 Å². The number of aromatic nitrogens is 3. The summed E-state index contributed by atoms with van der Waals surface area (Å²) in [6, 6.07) is 12.0. The van der Waals surface area contributed by atoms with Crippen molar-refractivity contribution in [2.75, 3.05) is 0 Å². The molecule has 0 radical (unpaired) electrons. The zero-order chi connectivity index (χ0) is 19.8.